The Kier molecular flexibility index (Phi) is 1.63. The third-order valence-electron chi connectivity index (χ3n) is 1.53. The van der Waals surface area contributed by atoms with E-state index < -0.39 is 0 Å². The summed E-state index contributed by atoms with van der Waals surface area (Å²) in [5.41, 5.74) is 6.99. The average Bonchev–Trinajstić information content (AvgIpc) is 2.28. The summed E-state index contributed by atoms with van der Waals surface area (Å²) >= 11 is 2.09. The van der Waals surface area contributed by atoms with Gasteiger partial charge in [0.15, 0.2) is 17.0 Å². The highest BCUT2D eigenvalue weighted by Gasteiger charge is 2.07. The molecule has 12 heavy (non-hydrogen) atoms. The largest absolute Gasteiger partial charge is 0.380 e. The van der Waals surface area contributed by atoms with Crippen molar-refractivity contribution >= 4 is 39.6 Å². The first-order valence-corrected chi connectivity index (χ1v) is 4.37. The summed E-state index contributed by atoms with van der Waals surface area (Å²) in [5.74, 6) is 0.429. The molecule has 2 aromatic rings. The van der Waals surface area contributed by atoms with Crippen LogP contribution in [0, 0.1) is 3.70 Å². The van der Waals surface area contributed by atoms with Gasteiger partial charge in [0.2, 0.25) is 0 Å². The molecule has 0 aromatic carbocycles. The lowest BCUT2D eigenvalue weighted by Crippen LogP contribution is -1.92. The third kappa shape index (κ3) is 1.02. The van der Waals surface area contributed by atoms with Crippen molar-refractivity contribution in [3.63, 3.8) is 0 Å². The van der Waals surface area contributed by atoms with Crippen LogP contribution >= 0.6 is 22.6 Å². The average molecular weight is 275 g/mol. The molecule has 2 N–H and O–H groups in total. The van der Waals surface area contributed by atoms with E-state index in [0.29, 0.717) is 17.0 Å². The molecular weight excluding hydrogens is 269 g/mol. The molecule has 2 heterocycles. The third-order valence-corrected chi connectivity index (χ3v) is 2.05. The number of hydrogen-bond donors (Lipinski definition) is 1. The van der Waals surface area contributed by atoms with Crippen LogP contribution < -0.4 is 5.73 Å². The molecule has 0 spiro atoms. The lowest BCUT2D eigenvalue weighted by atomic mass is 10.5. The van der Waals surface area contributed by atoms with Crippen molar-refractivity contribution in [2.24, 2.45) is 7.05 Å². The van der Waals surface area contributed by atoms with Gasteiger partial charge in [0, 0.05) is 7.05 Å². The van der Waals surface area contributed by atoms with Gasteiger partial charge in [-0.3, -0.25) is 0 Å². The number of halogens is 1. The van der Waals surface area contributed by atoms with Crippen LogP contribution in [0.25, 0.3) is 11.2 Å². The number of rotatable bonds is 0. The number of aryl methyl sites for hydroxylation is 1. The molecule has 0 saturated heterocycles. The Morgan fingerprint density at radius 1 is 1.58 bits per heavy atom. The summed E-state index contributed by atoms with van der Waals surface area (Å²) in [6, 6.07) is 0. The minimum atomic E-state index is 0.429. The second-order valence-corrected chi connectivity index (χ2v) is 3.48. The topological polar surface area (TPSA) is 69.6 Å². The van der Waals surface area contributed by atoms with Gasteiger partial charge in [-0.25, -0.2) is 14.6 Å². The fourth-order valence-corrected chi connectivity index (χ4v) is 1.41. The molecule has 5 nitrogen and oxygen atoms in total. The molecule has 0 atom stereocenters. The standard InChI is InChI=1S/C6H6IN5/c1-12-6-4(5(8)11-12)10-3(7)2-9-6/h2H,1H3,(H2,8,11). The lowest BCUT2D eigenvalue weighted by Gasteiger charge is -1.91. The van der Waals surface area contributed by atoms with Gasteiger partial charge in [-0.05, 0) is 22.6 Å². The van der Waals surface area contributed by atoms with Crippen molar-refractivity contribution in [2.45, 2.75) is 0 Å². The molecule has 0 unspecified atom stereocenters. The molecular formula is C6H6IN5. The zero-order valence-corrected chi connectivity index (χ0v) is 8.48. The van der Waals surface area contributed by atoms with Gasteiger partial charge >= 0.3 is 0 Å². The highest BCUT2D eigenvalue weighted by molar-refractivity contribution is 14.1. The van der Waals surface area contributed by atoms with Gasteiger partial charge in [0.05, 0.1) is 6.20 Å². The number of nitrogens with zero attached hydrogens (tertiary/aromatic N) is 4. The van der Waals surface area contributed by atoms with Crippen LogP contribution in [0.15, 0.2) is 6.20 Å². The molecule has 0 aliphatic carbocycles. The van der Waals surface area contributed by atoms with E-state index in [2.05, 4.69) is 37.7 Å². The Balaban J connectivity index is 2.90. The van der Waals surface area contributed by atoms with Crippen molar-refractivity contribution in [3.05, 3.63) is 9.90 Å². The smallest absolute Gasteiger partial charge is 0.178 e. The van der Waals surface area contributed by atoms with E-state index >= 15 is 0 Å². The van der Waals surface area contributed by atoms with Crippen molar-refractivity contribution in [3.8, 4) is 0 Å². The van der Waals surface area contributed by atoms with Crippen molar-refractivity contribution in [2.75, 3.05) is 5.73 Å². The van der Waals surface area contributed by atoms with Crippen LogP contribution in [0.2, 0.25) is 0 Å². The SMILES string of the molecule is Cn1nc(N)c2nc(I)cnc21. The van der Waals surface area contributed by atoms with E-state index in [4.69, 9.17) is 5.73 Å². The Bertz CT molecular complexity index is 435. The summed E-state index contributed by atoms with van der Waals surface area (Å²) in [7, 11) is 1.79. The molecule has 0 radical (unpaired) electrons. The van der Waals surface area contributed by atoms with Gasteiger partial charge in [-0.2, -0.15) is 5.10 Å². The van der Waals surface area contributed by atoms with Gasteiger partial charge in [0.25, 0.3) is 0 Å². The fraction of sp³-hybridized carbons (Fsp3) is 0.167. The number of anilines is 1. The van der Waals surface area contributed by atoms with Gasteiger partial charge < -0.3 is 5.73 Å². The van der Waals surface area contributed by atoms with Crippen LogP contribution in [0.1, 0.15) is 0 Å². The molecule has 2 aromatic heterocycles. The lowest BCUT2D eigenvalue weighted by molar-refractivity contribution is 0.790. The van der Waals surface area contributed by atoms with E-state index in [1.54, 1.807) is 17.9 Å². The molecule has 6 heteroatoms. The van der Waals surface area contributed by atoms with E-state index in [9.17, 15) is 0 Å². The van der Waals surface area contributed by atoms with Crippen molar-refractivity contribution in [1.29, 1.82) is 0 Å². The summed E-state index contributed by atoms with van der Waals surface area (Å²) in [6.45, 7) is 0. The zero-order valence-electron chi connectivity index (χ0n) is 6.32. The molecule has 0 fully saturated rings. The number of aromatic nitrogens is 4. The Labute approximate surface area is 82.1 Å². The quantitative estimate of drug-likeness (QED) is 0.713. The van der Waals surface area contributed by atoms with Crippen molar-refractivity contribution in [1.82, 2.24) is 19.7 Å². The number of nitrogens with two attached hydrogens (primary N) is 1. The summed E-state index contributed by atoms with van der Waals surface area (Å²) in [4.78, 5) is 8.36. The van der Waals surface area contributed by atoms with E-state index in [0.717, 1.165) is 3.70 Å². The van der Waals surface area contributed by atoms with Crippen LogP contribution in [0.3, 0.4) is 0 Å². The predicted octanol–water partition coefficient (Wildman–Crippen LogP) is 0.550. The Morgan fingerprint density at radius 2 is 2.33 bits per heavy atom. The maximum absolute atomic E-state index is 5.61. The van der Waals surface area contributed by atoms with Crippen LogP contribution in [0.5, 0.6) is 0 Å². The van der Waals surface area contributed by atoms with Crippen molar-refractivity contribution < 1.29 is 0 Å². The second-order valence-electron chi connectivity index (χ2n) is 2.37. The van der Waals surface area contributed by atoms with E-state index in [-0.39, 0.29) is 0 Å². The van der Waals surface area contributed by atoms with E-state index in [1.165, 1.54) is 0 Å². The molecule has 0 amide bonds. The molecule has 0 aliphatic heterocycles. The number of hydrogen-bond acceptors (Lipinski definition) is 4. The molecule has 62 valence electrons. The van der Waals surface area contributed by atoms with Gasteiger partial charge in [0.1, 0.15) is 3.70 Å². The van der Waals surface area contributed by atoms with Crippen LogP contribution in [-0.2, 0) is 7.05 Å². The summed E-state index contributed by atoms with van der Waals surface area (Å²) < 4.78 is 2.44. The number of fused-ring (bicyclic) bond motifs is 1. The highest BCUT2D eigenvalue weighted by Crippen LogP contribution is 2.15. The predicted molar refractivity (Wildman–Crippen MR) is 53.4 cm³/mol. The van der Waals surface area contributed by atoms with E-state index in [1.807, 2.05) is 0 Å². The second kappa shape index (κ2) is 2.54. The van der Waals surface area contributed by atoms with Gasteiger partial charge in [-0.1, -0.05) is 0 Å². The minimum absolute atomic E-state index is 0.429. The first kappa shape index (κ1) is 7.71. The number of nitrogen functional groups attached to an aromatic ring is 1. The summed E-state index contributed by atoms with van der Waals surface area (Å²) in [6.07, 6.45) is 1.68. The molecule has 2 rings (SSSR count). The maximum atomic E-state index is 5.61. The maximum Gasteiger partial charge on any atom is 0.178 e. The normalized spacial score (nSPS) is 10.8. The fourth-order valence-electron chi connectivity index (χ4n) is 1.03. The first-order valence-electron chi connectivity index (χ1n) is 3.29. The monoisotopic (exact) mass is 275 g/mol. The zero-order chi connectivity index (χ0) is 8.72. The Morgan fingerprint density at radius 3 is 3.08 bits per heavy atom. The molecule has 0 bridgehead atoms. The Hall–Kier alpha value is -0.920. The minimum Gasteiger partial charge on any atom is -0.380 e. The molecule has 0 aliphatic rings. The van der Waals surface area contributed by atoms with Crippen LogP contribution in [0.4, 0.5) is 5.82 Å². The summed E-state index contributed by atoms with van der Waals surface area (Å²) in [5, 5.41) is 4.00. The van der Waals surface area contributed by atoms with Gasteiger partial charge in [-0.15, -0.1) is 0 Å². The van der Waals surface area contributed by atoms with Crippen LogP contribution in [-0.4, -0.2) is 19.7 Å². The molecule has 0 saturated carbocycles. The highest BCUT2D eigenvalue weighted by atomic mass is 127. The first-order chi connectivity index (χ1) is 5.68.